The molecule has 10 nitrogen and oxygen atoms in total. The standard InChI is InChI=1S/C32H38N4O6/c1-32(2,3)42-30(38)22-7-5-21(6-8-22)18-36-26-10-9-23(41-16-13-34-11-14-40-15-12-34)17-24(26)28-25-19-35(20-27(28)36)31(39)33(4)29(25)37/h5-10,17,25H,11-16,18-20H2,1-4H3. The molecule has 2 saturated heterocycles. The highest BCUT2D eigenvalue weighted by Crippen LogP contribution is 2.41. The van der Waals surface area contributed by atoms with Gasteiger partial charge in [0, 0.05) is 56.4 Å². The van der Waals surface area contributed by atoms with Gasteiger partial charge in [-0.15, -0.1) is 0 Å². The Bertz CT molecular complexity index is 1520. The number of hydrogen-bond donors (Lipinski definition) is 0. The minimum atomic E-state index is -0.569. The van der Waals surface area contributed by atoms with Crippen molar-refractivity contribution in [2.75, 3.05) is 53.0 Å². The molecular formula is C32H38N4O6. The Hall–Kier alpha value is -3.89. The first kappa shape index (κ1) is 28.2. The van der Waals surface area contributed by atoms with Crippen LogP contribution in [-0.2, 0) is 27.4 Å². The summed E-state index contributed by atoms with van der Waals surface area (Å²) < 4.78 is 19.3. The molecule has 1 atom stereocenters. The van der Waals surface area contributed by atoms with Gasteiger partial charge in [-0.25, -0.2) is 9.59 Å². The largest absolute Gasteiger partial charge is 0.492 e. The lowest BCUT2D eigenvalue weighted by Crippen LogP contribution is -2.56. The summed E-state index contributed by atoms with van der Waals surface area (Å²) in [4.78, 5) is 44.1. The molecule has 0 N–H and O–H groups in total. The number of likely N-dealkylation sites (N-methyl/N-ethyl adjacent to an activating group) is 1. The molecule has 10 heteroatoms. The summed E-state index contributed by atoms with van der Waals surface area (Å²) in [7, 11) is 1.56. The molecule has 3 amide bonds. The molecule has 0 spiro atoms. The Morgan fingerprint density at radius 1 is 1.05 bits per heavy atom. The number of aromatic nitrogens is 1. The number of benzene rings is 2. The number of carbonyl (C=O) groups excluding carboxylic acids is 3. The Kier molecular flexibility index (Phi) is 7.44. The number of esters is 1. The second-order valence-electron chi connectivity index (χ2n) is 12.2. The van der Waals surface area contributed by atoms with Gasteiger partial charge in [0.05, 0.1) is 31.2 Å². The first-order chi connectivity index (χ1) is 20.1. The van der Waals surface area contributed by atoms with Crippen molar-refractivity contribution in [3.8, 4) is 5.75 Å². The molecule has 4 heterocycles. The van der Waals surface area contributed by atoms with Crippen LogP contribution >= 0.6 is 0 Å². The van der Waals surface area contributed by atoms with Crippen LogP contribution in [0.1, 0.15) is 53.9 Å². The Labute approximate surface area is 245 Å². The average Bonchev–Trinajstić information content (AvgIpc) is 3.27. The monoisotopic (exact) mass is 574 g/mol. The molecule has 1 unspecified atom stereocenters. The third kappa shape index (κ3) is 5.48. The first-order valence-corrected chi connectivity index (χ1v) is 14.6. The van der Waals surface area contributed by atoms with Crippen molar-refractivity contribution in [3.63, 3.8) is 0 Å². The summed E-state index contributed by atoms with van der Waals surface area (Å²) in [6.45, 7) is 11.5. The minimum absolute atomic E-state index is 0.184. The Morgan fingerprint density at radius 2 is 1.79 bits per heavy atom. The van der Waals surface area contributed by atoms with Crippen LogP contribution in [0.5, 0.6) is 5.75 Å². The number of nitrogens with zero attached hydrogens (tertiary/aromatic N) is 4. The number of urea groups is 1. The van der Waals surface area contributed by atoms with Gasteiger partial charge in [0.25, 0.3) is 0 Å². The van der Waals surface area contributed by atoms with Gasteiger partial charge < -0.3 is 23.7 Å². The van der Waals surface area contributed by atoms with E-state index >= 15 is 0 Å². The molecule has 42 heavy (non-hydrogen) atoms. The lowest BCUT2D eigenvalue weighted by Gasteiger charge is -2.41. The van der Waals surface area contributed by atoms with E-state index in [0.29, 0.717) is 31.8 Å². The van der Waals surface area contributed by atoms with Gasteiger partial charge in [0.2, 0.25) is 5.91 Å². The van der Waals surface area contributed by atoms with Crippen LogP contribution in [-0.4, -0.2) is 95.8 Å². The number of amides is 3. The van der Waals surface area contributed by atoms with Crippen molar-refractivity contribution in [1.82, 2.24) is 19.3 Å². The highest BCUT2D eigenvalue weighted by atomic mass is 16.6. The number of carbonyl (C=O) groups is 3. The van der Waals surface area contributed by atoms with Gasteiger partial charge in [-0.05, 0) is 62.2 Å². The lowest BCUT2D eigenvalue weighted by atomic mass is 9.89. The van der Waals surface area contributed by atoms with E-state index < -0.39 is 11.5 Å². The molecule has 2 bridgehead atoms. The number of morpholine rings is 1. The molecule has 2 aromatic carbocycles. The molecule has 3 aliphatic rings. The van der Waals surface area contributed by atoms with Gasteiger partial charge in [-0.2, -0.15) is 0 Å². The van der Waals surface area contributed by atoms with E-state index in [1.54, 1.807) is 24.1 Å². The smallest absolute Gasteiger partial charge is 0.338 e. The fourth-order valence-electron chi connectivity index (χ4n) is 6.07. The number of ether oxygens (including phenoxy) is 3. The number of rotatable bonds is 7. The van der Waals surface area contributed by atoms with E-state index in [1.165, 1.54) is 4.90 Å². The zero-order valence-electron chi connectivity index (χ0n) is 24.7. The van der Waals surface area contributed by atoms with Crippen LogP contribution in [0.15, 0.2) is 42.5 Å². The summed E-state index contributed by atoms with van der Waals surface area (Å²) in [5, 5.41) is 0.972. The van der Waals surface area contributed by atoms with E-state index in [-0.39, 0.29) is 17.9 Å². The topological polar surface area (TPSA) is 93.6 Å². The fourth-order valence-corrected chi connectivity index (χ4v) is 6.07. The van der Waals surface area contributed by atoms with Gasteiger partial charge in [-0.1, -0.05) is 12.1 Å². The molecule has 3 aromatic rings. The van der Waals surface area contributed by atoms with E-state index in [0.717, 1.165) is 66.3 Å². The first-order valence-electron chi connectivity index (χ1n) is 14.6. The van der Waals surface area contributed by atoms with Crippen molar-refractivity contribution in [2.24, 2.45) is 0 Å². The van der Waals surface area contributed by atoms with Crippen molar-refractivity contribution in [2.45, 2.75) is 45.4 Å². The minimum Gasteiger partial charge on any atom is -0.492 e. The maximum absolute atomic E-state index is 13.3. The predicted molar refractivity (Wildman–Crippen MR) is 157 cm³/mol. The highest BCUT2D eigenvalue weighted by molar-refractivity contribution is 6.04. The van der Waals surface area contributed by atoms with Gasteiger partial charge >= 0.3 is 12.0 Å². The third-order valence-corrected chi connectivity index (χ3v) is 8.17. The number of imide groups is 1. The molecule has 222 valence electrons. The zero-order valence-corrected chi connectivity index (χ0v) is 24.7. The van der Waals surface area contributed by atoms with Crippen LogP contribution in [0.3, 0.4) is 0 Å². The van der Waals surface area contributed by atoms with E-state index in [2.05, 4.69) is 9.47 Å². The van der Waals surface area contributed by atoms with Crippen molar-refractivity contribution in [3.05, 3.63) is 64.8 Å². The summed E-state index contributed by atoms with van der Waals surface area (Å²) in [6.07, 6.45) is 0. The molecule has 0 aliphatic carbocycles. The summed E-state index contributed by atoms with van der Waals surface area (Å²) in [6, 6.07) is 13.2. The quantitative estimate of drug-likeness (QED) is 0.396. The highest BCUT2D eigenvalue weighted by Gasteiger charge is 2.44. The Morgan fingerprint density at radius 3 is 2.50 bits per heavy atom. The van der Waals surface area contributed by atoms with Gasteiger partial charge in [0.15, 0.2) is 0 Å². The van der Waals surface area contributed by atoms with E-state index in [1.807, 2.05) is 51.1 Å². The van der Waals surface area contributed by atoms with Crippen LogP contribution in [0.2, 0.25) is 0 Å². The van der Waals surface area contributed by atoms with Crippen LogP contribution in [0.25, 0.3) is 10.9 Å². The SMILES string of the molecule is CN1C(=O)C2CN(Cc3c2c2cc(OCCN4CCOCC4)ccc2n3Cc2ccc(C(=O)OC(C)(C)C)cc2)C1=O. The lowest BCUT2D eigenvalue weighted by molar-refractivity contribution is -0.132. The summed E-state index contributed by atoms with van der Waals surface area (Å²) in [5.41, 5.74) is 3.82. The van der Waals surface area contributed by atoms with Crippen molar-refractivity contribution >= 4 is 28.8 Å². The molecular weight excluding hydrogens is 536 g/mol. The summed E-state index contributed by atoms with van der Waals surface area (Å²) in [5.74, 6) is -0.219. The normalized spacial score (nSPS) is 19.3. The number of fused-ring (bicyclic) bond motifs is 6. The molecule has 2 fully saturated rings. The third-order valence-electron chi connectivity index (χ3n) is 8.17. The predicted octanol–water partition coefficient (Wildman–Crippen LogP) is 3.85. The van der Waals surface area contributed by atoms with Crippen LogP contribution in [0, 0.1) is 0 Å². The number of hydrogen-bond acceptors (Lipinski definition) is 7. The summed E-state index contributed by atoms with van der Waals surface area (Å²) >= 11 is 0. The molecule has 6 rings (SSSR count). The second-order valence-corrected chi connectivity index (χ2v) is 12.2. The van der Waals surface area contributed by atoms with Crippen LogP contribution in [0.4, 0.5) is 4.79 Å². The maximum atomic E-state index is 13.3. The fraction of sp³-hybridized carbons (Fsp3) is 0.469. The Balaban J connectivity index is 1.32. The zero-order chi connectivity index (χ0) is 29.6. The molecule has 3 aliphatic heterocycles. The molecule has 1 aromatic heterocycles. The van der Waals surface area contributed by atoms with E-state index in [9.17, 15) is 14.4 Å². The maximum Gasteiger partial charge on any atom is 0.338 e. The molecule has 0 radical (unpaired) electrons. The average molecular weight is 575 g/mol. The van der Waals surface area contributed by atoms with Crippen LogP contribution < -0.4 is 4.74 Å². The van der Waals surface area contributed by atoms with Gasteiger partial charge in [-0.3, -0.25) is 14.6 Å². The van der Waals surface area contributed by atoms with E-state index in [4.69, 9.17) is 14.2 Å². The van der Waals surface area contributed by atoms with Gasteiger partial charge in [0.1, 0.15) is 18.0 Å². The second kappa shape index (κ2) is 11.1. The van der Waals surface area contributed by atoms with Crippen molar-refractivity contribution in [1.29, 1.82) is 0 Å². The van der Waals surface area contributed by atoms with Crippen molar-refractivity contribution < 1.29 is 28.6 Å². The molecule has 0 saturated carbocycles.